The third kappa shape index (κ3) is 2.69. The summed E-state index contributed by atoms with van der Waals surface area (Å²) in [6.45, 7) is 3.83. The molecule has 1 fully saturated rings. The molecule has 0 aliphatic heterocycles. The topological polar surface area (TPSA) is 68.3 Å². The third-order valence-corrected chi connectivity index (χ3v) is 4.02. The molecule has 0 saturated heterocycles. The summed E-state index contributed by atoms with van der Waals surface area (Å²) in [6, 6.07) is 0. The van der Waals surface area contributed by atoms with E-state index in [1.165, 1.54) is 11.3 Å². The van der Waals surface area contributed by atoms with E-state index in [4.69, 9.17) is 4.74 Å². The lowest BCUT2D eigenvalue weighted by atomic mass is 9.85. The number of nitrogens with zero attached hydrogens (tertiary/aromatic N) is 1. The van der Waals surface area contributed by atoms with Crippen molar-refractivity contribution < 1.29 is 14.3 Å². The van der Waals surface area contributed by atoms with Gasteiger partial charge in [0.1, 0.15) is 4.88 Å². The quantitative estimate of drug-likeness (QED) is 0.851. The number of esters is 1. The Morgan fingerprint density at radius 2 is 2.22 bits per heavy atom. The average molecular weight is 268 g/mol. The van der Waals surface area contributed by atoms with Crippen molar-refractivity contribution in [1.82, 2.24) is 4.98 Å². The Balaban J connectivity index is 2.03. The number of nitrogens with one attached hydrogen (secondary N) is 1. The van der Waals surface area contributed by atoms with Gasteiger partial charge in [0, 0.05) is 5.92 Å². The van der Waals surface area contributed by atoms with Crippen LogP contribution in [0.4, 0.5) is 5.13 Å². The van der Waals surface area contributed by atoms with Crippen LogP contribution in [0.1, 0.15) is 41.6 Å². The second-order valence-corrected chi connectivity index (χ2v) is 5.27. The highest BCUT2D eigenvalue weighted by Crippen LogP contribution is 2.29. The van der Waals surface area contributed by atoms with Crippen LogP contribution in [0.15, 0.2) is 0 Å². The second-order valence-electron chi connectivity index (χ2n) is 4.27. The number of anilines is 1. The summed E-state index contributed by atoms with van der Waals surface area (Å²) in [4.78, 5) is 28.0. The molecule has 0 atom stereocenters. The third-order valence-electron chi connectivity index (χ3n) is 2.96. The van der Waals surface area contributed by atoms with E-state index in [0.717, 1.165) is 19.3 Å². The summed E-state index contributed by atoms with van der Waals surface area (Å²) in [6.07, 6.45) is 3.00. The van der Waals surface area contributed by atoms with E-state index < -0.39 is 0 Å². The van der Waals surface area contributed by atoms with Gasteiger partial charge in [-0.15, -0.1) is 0 Å². The Hall–Kier alpha value is -1.43. The molecule has 0 aromatic carbocycles. The number of rotatable bonds is 4. The van der Waals surface area contributed by atoms with E-state index in [2.05, 4.69) is 10.3 Å². The number of aryl methyl sites for hydroxylation is 1. The van der Waals surface area contributed by atoms with E-state index in [1.807, 2.05) is 0 Å². The summed E-state index contributed by atoms with van der Waals surface area (Å²) in [5.74, 6) is -0.262. The smallest absolute Gasteiger partial charge is 0.350 e. The molecule has 98 valence electrons. The number of aromatic nitrogens is 1. The van der Waals surface area contributed by atoms with Crippen LogP contribution in [0.2, 0.25) is 0 Å². The number of ether oxygens (including phenoxy) is 1. The van der Waals surface area contributed by atoms with Crippen molar-refractivity contribution in [2.24, 2.45) is 5.92 Å². The van der Waals surface area contributed by atoms with Crippen LogP contribution in [-0.2, 0) is 9.53 Å². The molecular weight excluding hydrogens is 252 g/mol. The van der Waals surface area contributed by atoms with E-state index in [-0.39, 0.29) is 17.8 Å². The lowest BCUT2D eigenvalue weighted by Gasteiger charge is -2.23. The van der Waals surface area contributed by atoms with Crippen LogP contribution in [-0.4, -0.2) is 23.5 Å². The molecule has 1 N–H and O–H groups in total. The first-order valence-electron chi connectivity index (χ1n) is 6.07. The van der Waals surface area contributed by atoms with Crippen molar-refractivity contribution >= 4 is 28.3 Å². The maximum atomic E-state index is 11.8. The van der Waals surface area contributed by atoms with Gasteiger partial charge in [0.2, 0.25) is 5.91 Å². The predicted octanol–water partition coefficient (Wildman–Crippen LogP) is 2.37. The van der Waals surface area contributed by atoms with Gasteiger partial charge in [-0.2, -0.15) is 0 Å². The molecule has 2 rings (SSSR count). The SMILES string of the molecule is CCOC(=O)c1sc(NC(=O)C2CCC2)nc1C. The van der Waals surface area contributed by atoms with Crippen molar-refractivity contribution in [3.63, 3.8) is 0 Å². The van der Waals surface area contributed by atoms with Gasteiger partial charge in [0.15, 0.2) is 5.13 Å². The van der Waals surface area contributed by atoms with Gasteiger partial charge in [0.25, 0.3) is 0 Å². The molecule has 5 nitrogen and oxygen atoms in total. The molecule has 0 spiro atoms. The molecule has 1 aliphatic carbocycles. The monoisotopic (exact) mass is 268 g/mol. The fraction of sp³-hybridized carbons (Fsp3) is 0.583. The number of hydrogen-bond donors (Lipinski definition) is 1. The highest BCUT2D eigenvalue weighted by molar-refractivity contribution is 7.17. The first-order chi connectivity index (χ1) is 8.61. The molecule has 1 amide bonds. The second kappa shape index (κ2) is 5.48. The van der Waals surface area contributed by atoms with Crippen molar-refractivity contribution in [3.05, 3.63) is 10.6 Å². The summed E-state index contributed by atoms with van der Waals surface area (Å²) in [5, 5.41) is 3.24. The summed E-state index contributed by atoms with van der Waals surface area (Å²) in [5.41, 5.74) is 0.599. The first kappa shape index (κ1) is 13.0. The molecule has 18 heavy (non-hydrogen) atoms. The number of thiazole rings is 1. The van der Waals surface area contributed by atoms with Gasteiger partial charge in [-0.05, 0) is 26.7 Å². The van der Waals surface area contributed by atoms with E-state index in [1.54, 1.807) is 13.8 Å². The zero-order valence-corrected chi connectivity index (χ0v) is 11.3. The summed E-state index contributed by atoms with van der Waals surface area (Å²) >= 11 is 1.17. The van der Waals surface area contributed by atoms with Crippen LogP contribution < -0.4 is 5.32 Å². The number of carbonyl (C=O) groups is 2. The minimum absolute atomic E-state index is 0.00501. The number of carbonyl (C=O) groups excluding carboxylic acids is 2. The van der Waals surface area contributed by atoms with Crippen LogP contribution in [0.25, 0.3) is 0 Å². The number of hydrogen-bond acceptors (Lipinski definition) is 5. The molecular formula is C12H16N2O3S. The van der Waals surface area contributed by atoms with E-state index in [9.17, 15) is 9.59 Å². The van der Waals surface area contributed by atoms with Crippen molar-refractivity contribution in [3.8, 4) is 0 Å². The molecule has 0 bridgehead atoms. The average Bonchev–Trinajstić information content (AvgIpc) is 2.57. The lowest BCUT2D eigenvalue weighted by molar-refractivity contribution is -0.122. The number of amides is 1. The van der Waals surface area contributed by atoms with Crippen molar-refractivity contribution in [1.29, 1.82) is 0 Å². The van der Waals surface area contributed by atoms with Gasteiger partial charge < -0.3 is 10.1 Å². The van der Waals surface area contributed by atoms with Gasteiger partial charge >= 0.3 is 5.97 Å². The maximum absolute atomic E-state index is 11.8. The summed E-state index contributed by atoms with van der Waals surface area (Å²) < 4.78 is 4.93. The largest absolute Gasteiger partial charge is 0.462 e. The standard InChI is InChI=1S/C12H16N2O3S/c1-3-17-11(16)9-7(2)13-12(18-9)14-10(15)8-5-4-6-8/h8H,3-6H2,1-2H3,(H,13,14,15). The minimum atomic E-state index is -0.378. The molecule has 6 heteroatoms. The molecule has 1 saturated carbocycles. The molecule has 1 aromatic heterocycles. The molecule has 1 aliphatic rings. The predicted molar refractivity (Wildman–Crippen MR) is 68.8 cm³/mol. The zero-order chi connectivity index (χ0) is 13.1. The normalized spacial score (nSPS) is 15.0. The zero-order valence-electron chi connectivity index (χ0n) is 10.5. The first-order valence-corrected chi connectivity index (χ1v) is 6.89. The van der Waals surface area contributed by atoms with Crippen LogP contribution in [0, 0.1) is 12.8 Å². The Kier molecular flexibility index (Phi) is 3.96. The van der Waals surface area contributed by atoms with Gasteiger partial charge in [-0.1, -0.05) is 17.8 Å². The van der Waals surface area contributed by atoms with Crippen LogP contribution in [0.5, 0.6) is 0 Å². The fourth-order valence-electron chi connectivity index (χ4n) is 1.71. The molecule has 1 aromatic rings. The van der Waals surface area contributed by atoms with Crippen molar-refractivity contribution in [2.45, 2.75) is 33.1 Å². The van der Waals surface area contributed by atoms with Gasteiger partial charge in [-0.25, -0.2) is 9.78 Å². The van der Waals surface area contributed by atoms with Crippen LogP contribution >= 0.6 is 11.3 Å². The lowest BCUT2D eigenvalue weighted by Crippen LogP contribution is -2.27. The van der Waals surface area contributed by atoms with Crippen LogP contribution in [0.3, 0.4) is 0 Å². The summed E-state index contributed by atoms with van der Waals surface area (Å²) in [7, 11) is 0. The molecule has 1 heterocycles. The van der Waals surface area contributed by atoms with E-state index >= 15 is 0 Å². The Bertz CT molecular complexity index is 466. The highest BCUT2D eigenvalue weighted by atomic mass is 32.1. The van der Waals surface area contributed by atoms with Crippen molar-refractivity contribution in [2.75, 3.05) is 11.9 Å². The molecule has 0 radical (unpaired) electrons. The Morgan fingerprint density at radius 1 is 1.50 bits per heavy atom. The van der Waals surface area contributed by atoms with Gasteiger partial charge in [0.05, 0.1) is 12.3 Å². The maximum Gasteiger partial charge on any atom is 0.350 e. The Labute approximate surface area is 110 Å². The Morgan fingerprint density at radius 3 is 2.78 bits per heavy atom. The fourth-order valence-corrected chi connectivity index (χ4v) is 2.58. The van der Waals surface area contributed by atoms with Gasteiger partial charge in [-0.3, -0.25) is 4.79 Å². The minimum Gasteiger partial charge on any atom is -0.462 e. The molecule has 0 unspecified atom stereocenters. The van der Waals surface area contributed by atoms with E-state index in [0.29, 0.717) is 22.3 Å². The highest BCUT2D eigenvalue weighted by Gasteiger charge is 2.26.